The molecule has 1 aromatic carbocycles. The summed E-state index contributed by atoms with van der Waals surface area (Å²) in [4.78, 5) is 0.328. The molecule has 0 unspecified atom stereocenters. The second-order valence-corrected chi connectivity index (χ2v) is 7.28. The molecule has 1 N–H and O–H groups in total. The predicted octanol–water partition coefficient (Wildman–Crippen LogP) is 1.59. The van der Waals surface area contributed by atoms with Crippen LogP contribution in [0.25, 0.3) is 0 Å². The minimum atomic E-state index is -3.42. The van der Waals surface area contributed by atoms with Gasteiger partial charge in [-0.05, 0) is 29.8 Å². The highest BCUT2D eigenvalue weighted by Crippen LogP contribution is 2.17. The molecule has 0 aliphatic carbocycles. The molecule has 0 spiro atoms. The second-order valence-electron chi connectivity index (χ2n) is 5.34. The SMILES string of the molecule is O=S(=O)(c1ccc(CNCc2ccco2)cc1)N1CCOCC1. The van der Waals surface area contributed by atoms with Crippen molar-refractivity contribution in [1.29, 1.82) is 0 Å². The van der Waals surface area contributed by atoms with E-state index in [1.165, 1.54) is 4.31 Å². The lowest BCUT2D eigenvalue weighted by Crippen LogP contribution is -2.40. The molecule has 1 aliphatic rings. The minimum absolute atomic E-state index is 0.328. The van der Waals surface area contributed by atoms with Gasteiger partial charge in [0.05, 0.1) is 30.9 Å². The zero-order valence-electron chi connectivity index (χ0n) is 12.8. The normalized spacial score (nSPS) is 16.5. The number of nitrogens with one attached hydrogen (secondary N) is 1. The predicted molar refractivity (Wildman–Crippen MR) is 85.3 cm³/mol. The van der Waals surface area contributed by atoms with Gasteiger partial charge in [0, 0.05) is 19.6 Å². The van der Waals surface area contributed by atoms with Crippen LogP contribution in [-0.4, -0.2) is 39.0 Å². The minimum Gasteiger partial charge on any atom is -0.468 e. The standard InChI is InChI=1S/C16H20N2O4S/c19-23(20,18-7-10-21-11-8-18)16-5-3-14(4-6-16)12-17-13-15-2-1-9-22-15/h1-6,9,17H,7-8,10-13H2. The van der Waals surface area contributed by atoms with Gasteiger partial charge in [-0.25, -0.2) is 8.42 Å². The maximum absolute atomic E-state index is 12.5. The fraction of sp³-hybridized carbons (Fsp3) is 0.375. The summed E-state index contributed by atoms with van der Waals surface area (Å²) < 4.78 is 36.9. The lowest BCUT2D eigenvalue weighted by Gasteiger charge is -2.26. The number of sulfonamides is 1. The Bertz CT molecular complexity index is 705. The van der Waals surface area contributed by atoms with Gasteiger partial charge in [-0.1, -0.05) is 12.1 Å². The van der Waals surface area contributed by atoms with E-state index in [9.17, 15) is 8.42 Å². The summed E-state index contributed by atoms with van der Waals surface area (Å²) in [6, 6.07) is 10.8. The van der Waals surface area contributed by atoms with Crippen LogP contribution in [0.2, 0.25) is 0 Å². The molecule has 1 fully saturated rings. The summed E-state index contributed by atoms with van der Waals surface area (Å²) in [7, 11) is -3.42. The van der Waals surface area contributed by atoms with Crippen LogP contribution in [0, 0.1) is 0 Å². The molecule has 3 rings (SSSR count). The molecule has 7 heteroatoms. The molecule has 0 radical (unpaired) electrons. The number of hydrogen-bond donors (Lipinski definition) is 1. The highest BCUT2D eigenvalue weighted by molar-refractivity contribution is 7.89. The second kappa shape index (κ2) is 7.27. The van der Waals surface area contributed by atoms with Crippen LogP contribution in [0.15, 0.2) is 52.0 Å². The molecular weight excluding hydrogens is 316 g/mol. The van der Waals surface area contributed by atoms with E-state index >= 15 is 0 Å². The van der Waals surface area contributed by atoms with Crippen LogP contribution in [0.1, 0.15) is 11.3 Å². The maximum Gasteiger partial charge on any atom is 0.243 e. The van der Waals surface area contributed by atoms with Gasteiger partial charge in [0.2, 0.25) is 10.0 Å². The molecule has 1 saturated heterocycles. The van der Waals surface area contributed by atoms with E-state index in [0.29, 0.717) is 44.3 Å². The average Bonchev–Trinajstić information content (AvgIpc) is 3.10. The molecule has 1 aliphatic heterocycles. The number of benzene rings is 1. The molecule has 0 bridgehead atoms. The van der Waals surface area contributed by atoms with E-state index in [1.54, 1.807) is 18.4 Å². The van der Waals surface area contributed by atoms with Crippen LogP contribution < -0.4 is 5.32 Å². The number of nitrogens with zero attached hydrogens (tertiary/aromatic N) is 1. The lowest BCUT2D eigenvalue weighted by atomic mass is 10.2. The Labute approximate surface area is 136 Å². The first-order valence-corrected chi connectivity index (χ1v) is 9.00. The van der Waals surface area contributed by atoms with E-state index < -0.39 is 10.0 Å². The zero-order valence-corrected chi connectivity index (χ0v) is 13.6. The fourth-order valence-corrected chi connectivity index (χ4v) is 3.87. The number of hydrogen-bond acceptors (Lipinski definition) is 5. The maximum atomic E-state index is 12.5. The summed E-state index contributed by atoms with van der Waals surface area (Å²) in [5.74, 6) is 0.872. The van der Waals surface area contributed by atoms with Crippen LogP contribution in [0.4, 0.5) is 0 Å². The van der Waals surface area contributed by atoms with Crippen LogP contribution in [-0.2, 0) is 27.8 Å². The number of furan rings is 1. The summed E-state index contributed by atoms with van der Waals surface area (Å²) in [5, 5.41) is 3.26. The summed E-state index contributed by atoms with van der Waals surface area (Å²) in [6.07, 6.45) is 1.64. The quantitative estimate of drug-likeness (QED) is 0.867. The van der Waals surface area contributed by atoms with Crippen molar-refractivity contribution in [3.63, 3.8) is 0 Å². The highest BCUT2D eigenvalue weighted by Gasteiger charge is 2.25. The number of ether oxygens (including phenoxy) is 1. The van der Waals surface area contributed by atoms with Gasteiger partial charge in [0.25, 0.3) is 0 Å². The summed E-state index contributed by atoms with van der Waals surface area (Å²) in [6.45, 7) is 3.02. The van der Waals surface area contributed by atoms with E-state index in [-0.39, 0.29) is 0 Å². The number of rotatable bonds is 6. The third kappa shape index (κ3) is 4.00. The van der Waals surface area contributed by atoms with E-state index in [2.05, 4.69) is 5.32 Å². The highest BCUT2D eigenvalue weighted by atomic mass is 32.2. The van der Waals surface area contributed by atoms with E-state index in [0.717, 1.165) is 11.3 Å². The van der Waals surface area contributed by atoms with E-state index in [4.69, 9.17) is 9.15 Å². The van der Waals surface area contributed by atoms with Crippen molar-refractivity contribution in [2.24, 2.45) is 0 Å². The van der Waals surface area contributed by atoms with Gasteiger partial charge in [0.1, 0.15) is 5.76 Å². The van der Waals surface area contributed by atoms with Gasteiger partial charge < -0.3 is 14.5 Å². The Hall–Kier alpha value is -1.67. The van der Waals surface area contributed by atoms with E-state index in [1.807, 2.05) is 24.3 Å². The first-order valence-electron chi connectivity index (χ1n) is 7.56. The number of morpholine rings is 1. The van der Waals surface area contributed by atoms with Crippen molar-refractivity contribution in [2.75, 3.05) is 26.3 Å². The zero-order chi connectivity index (χ0) is 16.1. The average molecular weight is 336 g/mol. The fourth-order valence-electron chi connectivity index (χ4n) is 2.46. The van der Waals surface area contributed by atoms with Gasteiger partial charge in [0.15, 0.2) is 0 Å². The van der Waals surface area contributed by atoms with Crippen molar-refractivity contribution in [3.8, 4) is 0 Å². The van der Waals surface area contributed by atoms with Crippen molar-refractivity contribution in [3.05, 3.63) is 54.0 Å². The van der Waals surface area contributed by atoms with Crippen molar-refractivity contribution < 1.29 is 17.6 Å². The Balaban J connectivity index is 1.59. The molecule has 23 heavy (non-hydrogen) atoms. The molecule has 0 atom stereocenters. The van der Waals surface area contributed by atoms with Crippen molar-refractivity contribution >= 4 is 10.0 Å². The molecule has 6 nitrogen and oxygen atoms in total. The van der Waals surface area contributed by atoms with Crippen molar-refractivity contribution in [2.45, 2.75) is 18.0 Å². The monoisotopic (exact) mass is 336 g/mol. The van der Waals surface area contributed by atoms with Crippen molar-refractivity contribution in [1.82, 2.24) is 9.62 Å². The largest absolute Gasteiger partial charge is 0.468 e. The van der Waals surface area contributed by atoms with Gasteiger partial charge >= 0.3 is 0 Å². The van der Waals surface area contributed by atoms with Gasteiger partial charge in [-0.2, -0.15) is 4.31 Å². The van der Waals surface area contributed by atoms with Crippen LogP contribution in [0.5, 0.6) is 0 Å². The van der Waals surface area contributed by atoms with Gasteiger partial charge in [-0.3, -0.25) is 0 Å². The Morgan fingerprint density at radius 3 is 2.43 bits per heavy atom. The Morgan fingerprint density at radius 2 is 1.78 bits per heavy atom. The Kier molecular flexibility index (Phi) is 5.12. The summed E-state index contributed by atoms with van der Waals surface area (Å²) >= 11 is 0. The molecule has 2 aromatic rings. The smallest absolute Gasteiger partial charge is 0.243 e. The molecule has 2 heterocycles. The Morgan fingerprint density at radius 1 is 1.04 bits per heavy atom. The first kappa shape index (κ1) is 16.2. The van der Waals surface area contributed by atoms with Crippen LogP contribution >= 0.6 is 0 Å². The van der Waals surface area contributed by atoms with Crippen LogP contribution in [0.3, 0.4) is 0 Å². The molecule has 1 aromatic heterocycles. The molecule has 0 amide bonds. The molecule has 124 valence electrons. The molecular formula is C16H20N2O4S. The molecule has 0 saturated carbocycles. The first-order chi connectivity index (χ1) is 11.2. The third-order valence-corrected chi connectivity index (χ3v) is 5.65. The third-order valence-electron chi connectivity index (χ3n) is 3.74. The summed E-state index contributed by atoms with van der Waals surface area (Å²) in [5.41, 5.74) is 1.03. The topological polar surface area (TPSA) is 71.8 Å². The van der Waals surface area contributed by atoms with Gasteiger partial charge in [-0.15, -0.1) is 0 Å². The lowest BCUT2D eigenvalue weighted by molar-refractivity contribution is 0.0730.